The highest BCUT2D eigenvalue weighted by atomic mass is 19.1. The lowest BCUT2D eigenvalue weighted by atomic mass is 10.2. The van der Waals surface area contributed by atoms with E-state index in [1.54, 1.807) is 44.5 Å². The number of methoxy groups -OCH3 is 3. The van der Waals surface area contributed by atoms with E-state index in [4.69, 9.17) is 19.2 Å². The van der Waals surface area contributed by atoms with E-state index < -0.39 is 0 Å². The summed E-state index contributed by atoms with van der Waals surface area (Å²) in [6.45, 7) is 0.730. The van der Waals surface area contributed by atoms with Crippen molar-refractivity contribution in [3.63, 3.8) is 0 Å². The summed E-state index contributed by atoms with van der Waals surface area (Å²) in [6, 6.07) is 7.96. The maximum atomic E-state index is 14.0. The number of nitrogens with one attached hydrogen (secondary N) is 1. The molecule has 1 atom stereocenters. The normalized spacial score (nSPS) is 15.4. The molecule has 36 heavy (non-hydrogen) atoms. The number of hydrogen-bond donors (Lipinski definition) is 2. The van der Waals surface area contributed by atoms with Crippen molar-refractivity contribution in [3.05, 3.63) is 48.7 Å². The lowest BCUT2D eigenvalue weighted by Crippen LogP contribution is -2.33. The van der Waals surface area contributed by atoms with E-state index in [0.29, 0.717) is 45.7 Å². The third-order valence-corrected chi connectivity index (χ3v) is 6.27. The molecule has 3 heterocycles. The van der Waals surface area contributed by atoms with Crippen molar-refractivity contribution < 1.29 is 23.7 Å². The molecule has 188 valence electrons. The molecule has 0 bridgehead atoms. The molecular formula is C25H27FN6O4. The van der Waals surface area contributed by atoms with E-state index in [-0.39, 0.29) is 18.5 Å². The van der Waals surface area contributed by atoms with E-state index in [2.05, 4.69) is 15.3 Å². The number of aliphatic hydroxyl groups is 1. The Balaban J connectivity index is 1.52. The number of imidazole rings is 1. The van der Waals surface area contributed by atoms with Crippen LogP contribution in [0.2, 0.25) is 0 Å². The van der Waals surface area contributed by atoms with Crippen LogP contribution in [0.15, 0.2) is 42.9 Å². The van der Waals surface area contributed by atoms with Gasteiger partial charge in [0.15, 0.2) is 11.5 Å². The molecule has 0 amide bonds. The summed E-state index contributed by atoms with van der Waals surface area (Å²) in [5.41, 5.74) is 1.22. The summed E-state index contributed by atoms with van der Waals surface area (Å²) in [4.78, 5) is 15.8. The van der Waals surface area contributed by atoms with Crippen molar-refractivity contribution in [1.29, 1.82) is 0 Å². The monoisotopic (exact) mass is 494 g/mol. The maximum absolute atomic E-state index is 14.0. The average molecular weight is 495 g/mol. The van der Waals surface area contributed by atoms with Crippen LogP contribution in [-0.2, 0) is 0 Å². The molecule has 2 N–H and O–H groups in total. The van der Waals surface area contributed by atoms with Crippen LogP contribution in [0.3, 0.4) is 0 Å². The van der Waals surface area contributed by atoms with Crippen LogP contribution in [-0.4, -0.2) is 65.1 Å². The summed E-state index contributed by atoms with van der Waals surface area (Å²) < 4.78 is 32.2. The second kappa shape index (κ2) is 9.86. The van der Waals surface area contributed by atoms with Crippen molar-refractivity contribution in [2.75, 3.05) is 44.7 Å². The van der Waals surface area contributed by atoms with Gasteiger partial charge in [-0.15, -0.1) is 0 Å². The number of fused-ring (bicyclic) bond motifs is 1. The van der Waals surface area contributed by atoms with Crippen LogP contribution in [0.25, 0.3) is 16.6 Å². The molecule has 0 saturated carbocycles. The van der Waals surface area contributed by atoms with Gasteiger partial charge in [-0.2, -0.15) is 4.98 Å². The summed E-state index contributed by atoms with van der Waals surface area (Å²) in [7, 11) is 4.67. The third-order valence-electron chi connectivity index (χ3n) is 6.27. The third kappa shape index (κ3) is 4.33. The number of aliphatic hydroxyl groups excluding tert-OH is 1. The van der Waals surface area contributed by atoms with Crippen LogP contribution in [0.5, 0.6) is 17.2 Å². The van der Waals surface area contributed by atoms with Crippen LogP contribution >= 0.6 is 0 Å². The molecule has 1 fully saturated rings. The van der Waals surface area contributed by atoms with Crippen molar-refractivity contribution in [1.82, 2.24) is 19.5 Å². The van der Waals surface area contributed by atoms with E-state index in [1.807, 2.05) is 17.0 Å². The summed E-state index contributed by atoms with van der Waals surface area (Å²) in [6.07, 6.45) is 5.22. The number of ether oxygens (including phenoxy) is 3. The Kier molecular flexibility index (Phi) is 6.47. The zero-order chi connectivity index (χ0) is 25.2. The Labute approximate surface area is 207 Å². The fourth-order valence-corrected chi connectivity index (χ4v) is 4.47. The number of rotatable bonds is 8. The first-order chi connectivity index (χ1) is 17.5. The van der Waals surface area contributed by atoms with Gasteiger partial charge in [-0.1, -0.05) is 0 Å². The molecule has 0 radical (unpaired) electrons. The molecule has 0 aliphatic carbocycles. The van der Waals surface area contributed by atoms with Crippen LogP contribution in [0, 0.1) is 5.82 Å². The second-order valence-corrected chi connectivity index (χ2v) is 8.38. The van der Waals surface area contributed by atoms with Crippen LogP contribution < -0.4 is 24.4 Å². The molecule has 1 saturated heterocycles. The van der Waals surface area contributed by atoms with Crippen molar-refractivity contribution in [2.24, 2.45) is 0 Å². The zero-order valence-corrected chi connectivity index (χ0v) is 20.2. The number of anilines is 3. The van der Waals surface area contributed by atoms with Crippen molar-refractivity contribution in [3.8, 4) is 22.9 Å². The van der Waals surface area contributed by atoms with E-state index in [1.165, 1.54) is 12.1 Å². The predicted octanol–water partition coefficient (Wildman–Crippen LogP) is 3.69. The Hall–Kier alpha value is -4.12. The number of hydrogen-bond acceptors (Lipinski definition) is 9. The summed E-state index contributed by atoms with van der Waals surface area (Å²) in [5.74, 6) is 2.62. The Bertz CT molecular complexity index is 1370. The van der Waals surface area contributed by atoms with Gasteiger partial charge < -0.3 is 34.1 Å². The number of nitrogens with zero attached hydrogens (tertiary/aromatic N) is 5. The van der Waals surface area contributed by atoms with Gasteiger partial charge in [0.25, 0.3) is 0 Å². The van der Waals surface area contributed by atoms with Crippen LogP contribution in [0.1, 0.15) is 12.8 Å². The highest BCUT2D eigenvalue weighted by Crippen LogP contribution is 2.39. The molecular weight excluding hydrogens is 467 g/mol. The van der Waals surface area contributed by atoms with Gasteiger partial charge in [0, 0.05) is 30.1 Å². The largest absolute Gasteiger partial charge is 0.493 e. The highest BCUT2D eigenvalue weighted by molar-refractivity contribution is 5.91. The lowest BCUT2D eigenvalue weighted by Gasteiger charge is -2.23. The molecule has 1 aliphatic heterocycles. The first kappa shape index (κ1) is 23.6. The first-order valence-corrected chi connectivity index (χ1v) is 11.5. The highest BCUT2D eigenvalue weighted by Gasteiger charge is 2.27. The van der Waals surface area contributed by atoms with Gasteiger partial charge in [0.2, 0.25) is 11.7 Å². The van der Waals surface area contributed by atoms with E-state index >= 15 is 0 Å². The van der Waals surface area contributed by atoms with Gasteiger partial charge in [-0.05, 0) is 25.0 Å². The Morgan fingerprint density at radius 2 is 1.86 bits per heavy atom. The van der Waals surface area contributed by atoms with Gasteiger partial charge in [0.1, 0.15) is 23.8 Å². The number of halogens is 1. The van der Waals surface area contributed by atoms with E-state index in [9.17, 15) is 9.50 Å². The molecule has 10 nitrogen and oxygen atoms in total. The second-order valence-electron chi connectivity index (χ2n) is 8.38. The van der Waals surface area contributed by atoms with Crippen LogP contribution in [0.4, 0.5) is 22.0 Å². The fraction of sp³-hybridized carbons (Fsp3) is 0.320. The average Bonchev–Trinajstić information content (AvgIpc) is 3.57. The lowest BCUT2D eigenvalue weighted by molar-refractivity contribution is 0.265. The molecule has 1 unspecified atom stereocenters. The van der Waals surface area contributed by atoms with Crippen molar-refractivity contribution in [2.45, 2.75) is 18.9 Å². The van der Waals surface area contributed by atoms with Gasteiger partial charge in [-0.25, -0.2) is 14.4 Å². The molecule has 0 spiro atoms. The van der Waals surface area contributed by atoms with Gasteiger partial charge in [-0.3, -0.25) is 0 Å². The smallest absolute Gasteiger partial charge is 0.228 e. The Morgan fingerprint density at radius 1 is 1.08 bits per heavy atom. The minimum absolute atomic E-state index is 0.00645. The molecule has 1 aliphatic rings. The summed E-state index contributed by atoms with van der Waals surface area (Å²) >= 11 is 0. The van der Waals surface area contributed by atoms with Gasteiger partial charge >= 0.3 is 0 Å². The van der Waals surface area contributed by atoms with Gasteiger partial charge in [0.05, 0.1) is 51.4 Å². The van der Waals surface area contributed by atoms with E-state index in [0.717, 1.165) is 25.1 Å². The molecule has 11 heteroatoms. The summed E-state index contributed by atoms with van der Waals surface area (Å²) in [5, 5.41) is 13.7. The molecule has 5 rings (SSSR count). The standard InChI is InChI=1S/C25H27FN6O4/c1-34-20-10-17(11-21(35-2)23(20)36-3)31-12-22(27-14-31)29-24-18-7-6-15(26)9-19(18)28-25(30-24)32-8-4-5-16(32)13-33/h6-7,9-12,14,16,33H,4-5,8,13H2,1-3H3,(H,28,29,30). The molecule has 2 aromatic heterocycles. The predicted molar refractivity (Wildman–Crippen MR) is 133 cm³/mol. The quantitative estimate of drug-likeness (QED) is 0.379. The molecule has 4 aromatic rings. The number of benzene rings is 2. The fourth-order valence-electron chi connectivity index (χ4n) is 4.47. The first-order valence-electron chi connectivity index (χ1n) is 11.5. The zero-order valence-electron chi connectivity index (χ0n) is 20.2. The Morgan fingerprint density at radius 3 is 2.56 bits per heavy atom. The SMILES string of the molecule is COc1cc(-n2cnc(Nc3nc(N4CCCC4CO)nc4cc(F)ccc34)c2)cc(OC)c1OC. The minimum Gasteiger partial charge on any atom is -0.493 e. The topological polar surface area (TPSA) is 107 Å². The van der Waals surface area contributed by atoms with Crippen molar-refractivity contribution >= 4 is 28.5 Å². The maximum Gasteiger partial charge on any atom is 0.228 e. The number of aromatic nitrogens is 4. The molecule has 2 aromatic carbocycles. The minimum atomic E-state index is -0.384.